The van der Waals surface area contributed by atoms with Crippen molar-refractivity contribution in [1.82, 2.24) is 0 Å². The molecule has 10 saturated heterocycles. The second-order valence-electron chi connectivity index (χ2n) is 11.9. The number of hydrogen-bond donors (Lipinski definition) is 1. The first-order valence-electron chi connectivity index (χ1n) is 7.40. The third-order valence-electron chi connectivity index (χ3n) is 15.9. The molecule has 0 amide bonds. The Bertz CT molecular complexity index is 930. The average molecular weight is 269 g/mol. The fourth-order valence-corrected chi connectivity index (χ4v) is 92.0. The standard InChI is InChI=1S/C10H14N.C5H5.Fe/c1-8(10(2,3)11)9-6-4-5-7-9;1-2-4-5-3-1;/h4-7H,1,11H2,2-3H3;1-5H;. The van der Waals surface area contributed by atoms with Gasteiger partial charge in [0, 0.05) is 0 Å². The SMILES string of the molecule is C=C(C(C)(C)N)[C]12[CH]3[CH]4[CH]5[CH]1[Fe]45321678[CH]2[CH]1[CH]6[CH]7[CH]28. The van der Waals surface area contributed by atoms with Gasteiger partial charge in [0.05, 0.1) is 0 Å². The van der Waals surface area contributed by atoms with Gasteiger partial charge < -0.3 is 0 Å². The van der Waals surface area contributed by atoms with Gasteiger partial charge in [-0.05, 0) is 0 Å². The Kier molecular flexibility index (Phi) is 0.191. The van der Waals surface area contributed by atoms with E-state index < -0.39 is 6.51 Å². The molecule has 10 rings (SSSR count). The van der Waals surface area contributed by atoms with Crippen LogP contribution in [0.1, 0.15) is 13.8 Å². The van der Waals surface area contributed by atoms with Crippen LogP contribution in [-0.4, -0.2) is 5.54 Å². The second kappa shape index (κ2) is 0.494. The summed E-state index contributed by atoms with van der Waals surface area (Å²) in [5.41, 5.74) is 8.00. The predicted octanol–water partition coefficient (Wildman–Crippen LogP) is 4.04. The monoisotopic (exact) mass is 269 g/mol. The van der Waals surface area contributed by atoms with Crippen LogP contribution in [0.4, 0.5) is 0 Å². The number of rotatable bonds is 2. The van der Waals surface area contributed by atoms with Gasteiger partial charge in [-0.15, -0.1) is 0 Å². The van der Waals surface area contributed by atoms with Gasteiger partial charge in [0.1, 0.15) is 0 Å². The van der Waals surface area contributed by atoms with Gasteiger partial charge >= 0.3 is 91.4 Å². The first-order valence-corrected chi connectivity index (χ1v) is 13.7. The molecule has 4 unspecified atom stereocenters. The molecule has 0 aromatic rings. The van der Waals surface area contributed by atoms with Crippen molar-refractivity contribution in [3.8, 4) is 0 Å². The van der Waals surface area contributed by atoms with Crippen LogP contribution in [0.15, 0.2) is 12.2 Å². The normalized spacial score (nSPS) is 120. The summed E-state index contributed by atoms with van der Waals surface area (Å²) in [5.74, 6) is 0. The second-order valence-corrected chi connectivity index (χ2v) is 35.4. The van der Waals surface area contributed by atoms with E-state index in [-0.39, 0.29) is 5.54 Å². The van der Waals surface area contributed by atoms with Crippen LogP contribution in [0.5, 0.6) is 0 Å². The Morgan fingerprint density at radius 3 is 1.59 bits per heavy atom. The number of nitrogens with two attached hydrogens (primary N) is 1. The molecule has 4 atom stereocenters. The van der Waals surface area contributed by atoms with Crippen LogP contribution in [0.3, 0.4) is 0 Å². The van der Waals surface area contributed by atoms with Crippen molar-refractivity contribution in [3.63, 3.8) is 0 Å². The molecule has 10 fully saturated rings. The molecule has 92 valence electrons. The summed E-state index contributed by atoms with van der Waals surface area (Å²) in [7, 11) is 0. The number of fused-ring (bicyclic) bond motifs is 10. The van der Waals surface area contributed by atoms with E-state index in [0.717, 1.165) is 4.31 Å². The average Bonchev–Trinajstić information content (AvgIpc) is 3.20. The fraction of sp³-hybridized carbons (Fsp3) is 0.867. The van der Waals surface area contributed by atoms with E-state index in [1.807, 2.05) is 0 Å². The maximum atomic E-state index is 6.51. The first-order chi connectivity index (χ1) is 7.70. The summed E-state index contributed by atoms with van der Waals surface area (Å²) < 4.78 is 0.817. The van der Waals surface area contributed by atoms with Gasteiger partial charge in [-0.2, -0.15) is 0 Å². The van der Waals surface area contributed by atoms with E-state index in [1.54, 1.807) is 5.57 Å². The summed E-state index contributed by atoms with van der Waals surface area (Å²) in [6.07, 6.45) is 0. The minimum atomic E-state index is -2.93. The summed E-state index contributed by atoms with van der Waals surface area (Å²) in [5, 5.41) is 0. The molecule has 0 bridgehead atoms. The molecule has 0 aromatic carbocycles. The van der Waals surface area contributed by atoms with Crippen molar-refractivity contribution in [1.29, 1.82) is 0 Å². The first kappa shape index (κ1) is 6.59. The maximum absolute atomic E-state index is 6.51. The van der Waals surface area contributed by atoms with Crippen molar-refractivity contribution < 1.29 is 6.51 Å². The molecule has 10 aliphatic rings. The van der Waals surface area contributed by atoms with Crippen molar-refractivity contribution in [2.75, 3.05) is 0 Å². The summed E-state index contributed by atoms with van der Waals surface area (Å²) in [6, 6.07) is 0. The molecule has 2 N–H and O–H groups in total. The van der Waals surface area contributed by atoms with Crippen LogP contribution in [0.25, 0.3) is 0 Å². The third kappa shape index (κ3) is 0.0647. The Hall–Kier alpha value is 0.219. The Balaban J connectivity index is 1.62. The zero-order chi connectivity index (χ0) is 11.1. The van der Waals surface area contributed by atoms with Crippen LogP contribution in [0.2, 0.25) is 47.7 Å². The molecule has 0 aliphatic carbocycles. The molecule has 0 radical (unpaired) electrons. The van der Waals surface area contributed by atoms with Gasteiger partial charge in [0.25, 0.3) is 0 Å². The van der Waals surface area contributed by atoms with E-state index in [9.17, 15) is 0 Å². The molecule has 10 aliphatic heterocycles. The number of hydrogen-bond acceptors (Lipinski definition) is 1. The van der Waals surface area contributed by atoms with Crippen molar-refractivity contribution >= 4 is 0 Å². The molecular formula is C15H19FeN. The van der Waals surface area contributed by atoms with Crippen LogP contribution in [-0.2, 0) is 6.51 Å². The van der Waals surface area contributed by atoms with Crippen LogP contribution in [0, 0.1) is 0 Å². The topological polar surface area (TPSA) is 26.0 Å². The molecular weight excluding hydrogens is 250 g/mol. The van der Waals surface area contributed by atoms with E-state index >= 15 is 0 Å². The molecule has 1 nitrogen and oxygen atoms in total. The summed E-state index contributed by atoms with van der Waals surface area (Å²) in [4.78, 5) is 12.5. The molecule has 2 heteroatoms. The molecule has 0 aromatic heterocycles. The van der Waals surface area contributed by atoms with Gasteiger partial charge in [-0.1, -0.05) is 0 Å². The van der Waals surface area contributed by atoms with Gasteiger partial charge in [-0.25, -0.2) is 0 Å². The summed E-state index contributed by atoms with van der Waals surface area (Å²) in [6.45, 7) is 6.18. The third-order valence-corrected chi connectivity index (χ3v) is 58.3. The molecule has 17 heavy (non-hydrogen) atoms. The zero-order valence-electron chi connectivity index (χ0n) is 10.3. The summed E-state index contributed by atoms with van der Waals surface area (Å²) >= 11 is 0. The van der Waals surface area contributed by atoms with Gasteiger partial charge in [-0.3, -0.25) is 0 Å². The zero-order valence-corrected chi connectivity index (χ0v) is 11.4. The fourth-order valence-electron chi connectivity index (χ4n) is 17.5. The van der Waals surface area contributed by atoms with Gasteiger partial charge in [0.2, 0.25) is 0 Å². The van der Waals surface area contributed by atoms with E-state index in [0.29, 0.717) is 0 Å². The van der Waals surface area contributed by atoms with Crippen molar-refractivity contribution in [2.45, 2.75) is 67.0 Å². The Morgan fingerprint density at radius 2 is 1.41 bits per heavy atom. The van der Waals surface area contributed by atoms with E-state index in [1.165, 1.54) is 43.3 Å². The van der Waals surface area contributed by atoms with Gasteiger partial charge in [0.15, 0.2) is 0 Å². The molecule has 0 saturated carbocycles. The molecule has 10 heterocycles. The molecule has 1 spiro atoms. The van der Waals surface area contributed by atoms with Crippen LogP contribution < -0.4 is 5.73 Å². The minimum absolute atomic E-state index is 0.0855. The van der Waals surface area contributed by atoms with Crippen LogP contribution >= 0.6 is 0 Å². The van der Waals surface area contributed by atoms with Crippen molar-refractivity contribution in [2.24, 2.45) is 5.73 Å². The Labute approximate surface area is 91.5 Å². The van der Waals surface area contributed by atoms with E-state index in [2.05, 4.69) is 20.4 Å². The predicted molar refractivity (Wildman–Crippen MR) is 63.8 cm³/mol. The van der Waals surface area contributed by atoms with Crippen molar-refractivity contribution in [3.05, 3.63) is 12.2 Å². The Morgan fingerprint density at radius 1 is 1.00 bits per heavy atom. The van der Waals surface area contributed by atoms with E-state index in [4.69, 9.17) is 5.73 Å². The quantitative estimate of drug-likeness (QED) is 0.594.